The van der Waals surface area contributed by atoms with E-state index in [1.165, 1.54) is 5.56 Å². The van der Waals surface area contributed by atoms with E-state index < -0.39 is 0 Å². The molecule has 0 saturated heterocycles. The smallest absolute Gasteiger partial charge is 0.229 e. The normalized spacial score (nSPS) is 11.1. The molecule has 8 heteroatoms. The standard InChI is InChI=1S/C18H23N7S/c1-12(2)13-5-7-14(8-6-13)25-10-9-20-18(25)26-11-15-21-16(19)23-17(22-15)24(3)4/h5-10,12H,11H2,1-4H3,(H2,19,21,22,23). The van der Waals surface area contributed by atoms with Crippen molar-refractivity contribution in [3.63, 3.8) is 0 Å². The largest absolute Gasteiger partial charge is 0.368 e. The molecule has 3 rings (SSSR count). The summed E-state index contributed by atoms with van der Waals surface area (Å²) >= 11 is 1.57. The number of hydrogen-bond donors (Lipinski definition) is 1. The van der Waals surface area contributed by atoms with E-state index in [1.54, 1.807) is 18.0 Å². The predicted octanol–water partition coefficient (Wildman–Crippen LogP) is 3.12. The zero-order valence-electron chi connectivity index (χ0n) is 15.4. The van der Waals surface area contributed by atoms with Crippen molar-refractivity contribution in [1.29, 1.82) is 0 Å². The number of imidazole rings is 1. The Balaban J connectivity index is 1.77. The van der Waals surface area contributed by atoms with Gasteiger partial charge in [-0.3, -0.25) is 4.57 Å². The molecular weight excluding hydrogens is 346 g/mol. The van der Waals surface area contributed by atoms with Crippen molar-refractivity contribution in [1.82, 2.24) is 24.5 Å². The first-order valence-electron chi connectivity index (χ1n) is 8.38. The van der Waals surface area contributed by atoms with Gasteiger partial charge in [-0.05, 0) is 23.6 Å². The number of rotatable bonds is 6. The minimum absolute atomic E-state index is 0.229. The van der Waals surface area contributed by atoms with Crippen LogP contribution in [0, 0.1) is 0 Å². The van der Waals surface area contributed by atoms with Crippen LogP contribution < -0.4 is 10.6 Å². The highest BCUT2D eigenvalue weighted by Gasteiger charge is 2.10. The highest BCUT2D eigenvalue weighted by atomic mass is 32.2. The SMILES string of the molecule is CC(C)c1ccc(-n2ccnc2SCc2nc(N)nc(N(C)C)n2)cc1. The van der Waals surface area contributed by atoms with E-state index in [2.05, 4.69) is 62.6 Å². The van der Waals surface area contributed by atoms with Gasteiger partial charge in [0.1, 0.15) is 5.82 Å². The van der Waals surface area contributed by atoms with Crippen molar-refractivity contribution in [3.05, 3.63) is 48.0 Å². The number of aromatic nitrogens is 5. The Morgan fingerprint density at radius 3 is 2.50 bits per heavy atom. The third-order valence-corrected chi connectivity index (χ3v) is 4.83. The third kappa shape index (κ3) is 4.13. The fourth-order valence-electron chi connectivity index (χ4n) is 2.43. The van der Waals surface area contributed by atoms with Gasteiger partial charge in [0.25, 0.3) is 0 Å². The van der Waals surface area contributed by atoms with Crippen LogP contribution >= 0.6 is 11.8 Å². The Bertz CT molecular complexity index is 872. The molecule has 0 aliphatic rings. The molecule has 0 atom stereocenters. The van der Waals surface area contributed by atoms with Gasteiger partial charge in [0.05, 0.1) is 5.75 Å². The van der Waals surface area contributed by atoms with Gasteiger partial charge in [-0.25, -0.2) is 4.98 Å². The molecule has 0 aliphatic heterocycles. The van der Waals surface area contributed by atoms with Crippen molar-refractivity contribution in [2.75, 3.05) is 24.7 Å². The fraction of sp³-hybridized carbons (Fsp3) is 0.333. The molecule has 2 heterocycles. The van der Waals surface area contributed by atoms with Crippen LogP contribution in [0.2, 0.25) is 0 Å². The van der Waals surface area contributed by atoms with Gasteiger partial charge in [-0.15, -0.1) is 0 Å². The second-order valence-corrected chi connectivity index (χ2v) is 7.36. The molecule has 0 unspecified atom stereocenters. The van der Waals surface area contributed by atoms with E-state index in [9.17, 15) is 0 Å². The monoisotopic (exact) mass is 369 g/mol. The molecule has 0 radical (unpaired) electrons. The van der Waals surface area contributed by atoms with Gasteiger partial charge in [0.2, 0.25) is 11.9 Å². The molecule has 0 spiro atoms. The number of anilines is 2. The van der Waals surface area contributed by atoms with Gasteiger partial charge in [0, 0.05) is 32.2 Å². The summed E-state index contributed by atoms with van der Waals surface area (Å²) in [5, 5.41) is 0.882. The van der Waals surface area contributed by atoms with Crippen molar-refractivity contribution in [2.24, 2.45) is 0 Å². The van der Waals surface area contributed by atoms with Crippen molar-refractivity contribution < 1.29 is 0 Å². The zero-order valence-corrected chi connectivity index (χ0v) is 16.2. The molecule has 1 aromatic carbocycles. The molecule has 0 bridgehead atoms. The van der Waals surface area contributed by atoms with Crippen LogP contribution in [0.15, 0.2) is 41.8 Å². The summed E-state index contributed by atoms with van der Waals surface area (Å²) in [5.41, 5.74) is 8.19. The van der Waals surface area contributed by atoms with E-state index >= 15 is 0 Å². The van der Waals surface area contributed by atoms with Gasteiger partial charge in [-0.2, -0.15) is 15.0 Å². The zero-order chi connectivity index (χ0) is 18.7. The summed E-state index contributed by atoms with van der Waals surface area (Å²) in [6.45, 7) is 4.38. The third-order valence-electron chi connectivity index (χ3n) is 3.86. The maximum atomic E-state index is 5.79. The van der Waals surface area contributed by atoms with Gasteiger partial charge in [0.15, 0.2) is 5.16 Å². The molecule has 0 fully saturated rings. The summed E-state index contributed by atoms with van der Waals surface area (Å²) in [5.74, 6) is 2.50. The van der Waals surface area contributed by atoms with Crippen LogP contribution in [0.25, 0.3) is 5.69 Å². The Morgan fingerprint density at radius 2 is 1.85 bits per heavy atom. The minimum Gasteiger partial charge on any atom is -0.368 e. The van der Waals surface area contributed by atoms with Crippen LogP contribution in [0.4, 0.5) is 11.9 Å². The van der Waals surface area contributed by atoms with Gasteiger partial charge >= 0.3 is 0 Å². The maximum absolute atomic E-state index is 5.79. The van der Waals surface area contributed by atoms with Crippen molar-refractivity contribution >= 4 is 23.7 Å². The van der Waals surface area contributed by atoms with Crippen molar-refractivity contribution in [2.45, 2.75) is 30.7 Å². The molecule has 0 aliphatic carbocycles. The summed E-state index contributed by atoms with van der Waals surface area (Å²) in [4.78, 5) is 19.0. The highest BCUT2D eigenvalue weighted by Crippen LogP contribution is 2.25. The van der Waals surface area contributed by atoms with E-state index in [4.69, 9.17) is 5.73 Å². The lowest BCUT2D eigenvalue weighted by Gasteiger charge is -2.12. The molecule has 7 nitrogen and oxygen atoms in total. The number of nitrogens with zero attached hydrogens (tertiary/aromatic N) is 6. The van der Waals surface area contributed by atoms with Crippen molar-refractivity contribution in [3.8, 4) is 5.69 Å². The fourth-order valence-corrected chi connectivity index (χ4v) is 3.26. The second-order valence-electron chi connectivity index (χ2n) is 6.42. The summed E-state index contributed by atoms with van der Waals surface area (Å²) in [6.07, 6.45) is 3.76. The lowest BCUT2D eigenvalue weighted by molar-refractivity contribution is 0.857. The van der Waals surface area contributed by atoms with E-state index in [-0.39, 0.29) is 5.95 Å². The molecular formula is C18H23N7S. The predicted molar refractivity (Wildman–Crippen MR) is 106 cm³/mol. The summed E-state index contributed by atoms with van der Waals surface area (Å²) in [6, 6.07) is 8.55. The Kier molecular flexibility index (Phi) is 5.41. The van der Waals surface area contributed by atoms with E-state index in [0.717, 1.165) is 10.8 Å². The molecule has 136 valence electrons. The van der Waals surface area contributed by atoms with Crippen LogP contribution in [-0.2, 0) is 5.75 Å². The first-order chi connectivity index (χ1) is 12.4. The number of nitrogens with two attached hydrogens (primary N) is 1. The van der Waals surface area contributed by atoms with Gasteiger partial charge < -0.3 is 10.6 Å². The molecule has 0 saturated carbocycles. The molecule has 2 aromatic heterocycles. The van der Waals surface area contributed by atoms with Crippen LogP contribution in [0.1, 0.15) is 31.2 Å². The average Bonchev–Trinajstić information content (AvgIpc) is 3.08. The molecule has 2 N–H and O–H groups in total. The lowest BCUT2D eigenvalue weighted by Crippen LogP contribution is -2.16. The molecule has 26 heavy (non-hydrogen) atoms. The summed E-state index contributed by atoms with van der Waals surface area (Å²) in [7, 11) is 3.75. The quantitative estimate of drug-likeness (QED) is 0.668. The van der Waals surface area contributed by atoms with Gasteiger partial charge in [-0.1, -0.05) is 37.7 Å². The Labute approximate surface area is 157 Å². The topological polar surface area (TPSA) is 85.8 Å². The average molecular weight is 369 g/mol. The first-order valence-corrected chi connectivity index (χ1v) is 9.37. The lowest BCUT2D eigenvalue weighted by atomic mass is 10.0. The molecule has 3 aromatic rings. The number of hydrogen-bond acceptors (Lipinski definition) is 7. The summed E-state index contributed by atoms with van der Waals surface area (Å²) < 4.78 is 2.06. The van der Waals surface area contributed by atoms with Crippen LogP contribution in [-0.4, -0.2) is 38.6 Å². The Morgan fingerprint density at radius 1 is 1.12 bits per heavy atom. The van der Waals surface area contributed by atoms with E-state index in [1.807, 2.05) is 25.2 Å². The highest BCUT2D eigenvalue weighted by molar-refractivity contribution is 7.98. The number of nitrogen functional groups attached to an aromatic ring is 1. The van der Waals surface area contributed by atoms with E-state index in [0.29, 0.717) is 23.4 Å². The minimum atomic E-state index is 0.229. The molecule has 0 amide bonds. The Hall–Kier alpha value is -2.61. The van der Waals surface area contributed by atoms with Crippen LogP contribution in [0.5, 0.6) is 0 Å². The number of benzene rings is 1. The number of thioether (sulfide) groups is 1. The first kappa shape index (κ1) is 18.2. The second kappa shape index (κ2) is 7.74. The maximum Gasteiger partial charge on any atom is 0.229 e. The van der Waals surface area contributed by atoms with Crippen LogP contribution in [0.3, 0.4) is 0 Å².